The summed E-state index contributed by atoms with van der Waals surface area (Å²) in [6.45, 7) is 0. The molecule has 0 radical (unpaired) electrons. The first-order valence-corrected chi connectivity index (χ1v) is 9.64. The van der Waals surface area contributed by atoms with Crippen molar-refractivity contribution in [1.82, 2.24) is 0 Å². The van der Waals surface area contributed by atoms with E-state index in [-0.39, 0.29) is 5.91 Å². The van der Waals surface area contributed by atoms with E-state index in [2.05, 4.69) is 4.99 Å². The number of aliphatic imine (C=N–C) groups is 1. The summed E-state index contributed by atoms with van der Waals surface area (Å²) in [5, 5.41) is 0.640. The third kappa shape index (κ3) is 3.93. The highest BCUT2D eigenvalue weighted by atomic mass is 35.5. The van der Waals surface area contributed by atoms with Gasteiger partial charge in [-0.05, 0) is 60.2 Å². The van der Waals surface area contributed by atoms with Crippen LogP contribution in [0.15, 0.2) is 89.6 Å². The second kappa shape index (κ2) is 7.94. The topological polar surface area (TPSA) is 35.9 Å². The van der Waals surface area contributed by atoms with Crippen LogP contribution in [0.3, 0.4) is 0 Å². The fraction of sp³-hybridized carbons (Fsp3) is 0.0833. The molecule has 3 aromatic rings. The molecule has 29 heavy (non-hydrogen) atoms. The Morgan fingerprint density at radius 1 is 0.897 bits per heavy atom. The Morgan fingerprint density at radius 2 is 1.55 bits per heavy atom. The van der Waals surface area contributed by atoms with Gasteiger partial charge in [0.15, 0.2) is 0 Å². The van der Waals surface area contributed by atoms with Crippen LogP contribution in [0.1, 0.15) is 11.1 Å². The van der Waals surface area contributed by atoms with Crippen molar-refractivity contribution in [2.75, 3.05) is 23.9 Å². The van der Waals surface area contributed by atoms with Gasteiger partial charge in [-0.3, -0.25) is 9.69 Å². The number of halogens is 1. The summed E-state index contributed by atoms with van der Waals surface area (Å²) in [5.74, 6) is 0.437. The van der Waals surface area contributed by atoms with Crippen molar-refractivity contribution in [3.05, 3.63) is 101 Å². The van der Waals surface area contributed by atoms with Crippen LogP contribution < -0.4 is 9.80 Å². The second-order valence-electron chi connectivity index (χ2n) is 6.93. The summed E-state index contributed by atoms with van der Waals surface area (Å²) in [7, 11) is 3.99. The SMILES string of the molecule is CN(C)c1ccc(/C=C2/N=C(c3ccc(Cl)cc3)N(c3ccccc3)C2=O)cc1. The molecule has 0 unspecified atom stereocenters. The van der Waals surface area contributed by atoms with Crippen LogP contribution in [0.5, 0.6) is 0 Å². The highest BCUT2D eigenvalue weighted by molar-refractivity contribution is 6.34. The van der Waals surface area contributed by atoms with Gasteiger partial charge < -0.3 is 4.90 Å². The molecule has 0 saturated heterocycles. The molecular formula is C24H20ClN3O. The summed E-state index contributed by atoms with van der Waals surface area (Å²) < 4.78 is 0. The predicted molar refractivity (Wildman–Crippen MR) is 121 cm³/mol. The smallest absolute Gasteiger partial charge is 0.282 e. The van der Waals surface area contributed by atoms with Crippen molar-refractivity contribution >= 4 is 40.8 Å². The van der Waals surface area contributed by atoms with Crippen LogP contribution in [0.2, 0.25) is 5.02 Å². The Labute approximate surface area is 175 Å². The van der Waals surface area contributed by atoms with Crippen molar-refractivity contribution in [2.45, 2.75) is 0 Å². The van der Waals surface area contributed by atoms with E-state index in [0.29, 0.717) is 16.6 Å². The van der Waals surface area contributed by atoms with Gasteiger partial charge in [-0.15, -0.1) is 0 Å². The molecule has 0 N–H and O–H groups in total. The van der Waals surface area contributed by atoms with Crippen LogP contribution in [0, 0.1) is 0 Å². The monoisotopic (exact) mass is 401 g/mol. The number of hydrogen-bond acceptors (Lipinski definition) is 3. The largest absolute Gasteiger partial charge is 0.378 e. The number of amides is 1. The minimum atomic E-state index is -0.155. The molecule has 4 rings (SSSR count). The minimum absolute atomic E-state index is 0.155. The van der Waals surface area contributed by atoms with E-state index in [1.54, 1.807) is 17.0 Å². The molecule has 0 spiro atoms. The molecule has 1 aliphatic heterocycles. The number of carbonyl (C=O) groups is 1. The first-order chi connectivity index (χ1) is 14.0. The van der Waals surface area contributed by atoms with Gasteiger partial charge in [0, 0.05) is 30.4 Å². The Hall–Kier alpha value is -3.37. The molecule has 0 fully saturated rings. The molecule has 0 aromatic heterocycles. The number of benzene rings is 3. The summed E-state index contributed by atoms with van der Waals surface area (Å²) in [4.78, 5) is 21.6. The Balaban J connectivity index is 1.77. The first-order valence-electron chi connectivity index (χ1n) is 9.26. The average Bonchev–Trinajstić information content (AvgIpc) is 3.05. The van der Waals surface area contributed by atoms with Gasteiger partial charge in [0.1, 0.15) is 11.5 Å². The van der Waals surface area contributed by atoms with Gasteiger partial charge in [0.25, 0.3) is 5.91 Å². The molecule has 0 aliphatic carbocycles. The standard InChI is InChI=1S/C24H20ClN3O/c1-27(2)20-14-8-17(9-15-20)16-22-24(29)28(21-6-4-3-5-7-21)23(26-22)18-10-12-19(25)13-11-18/h3-16H,1-2H3/b22-16+. The Kier molecular flexibility index (Phi) is 5.19. The lowest BCUT2D eigenvalue weighted by atomic mass is 10.1. The van der Waals surface area contributed by atoms with E-state index in [4.69, 9.17) is 11.6 Å². The Morgan fingerprint density at radius 3 is 2.17 bits per heavy atom. The molecule has 1 heterocycles. The number of amidine groups is 1. The average molecular weight is 402 g/mol. The maximum absolute atomic E-state index is 13.2. The number of anilines is 2. The van der Waals surface area contributed by atoms with E-state index in [1.807, 2.05) is 91.8 Å². The molecule has 0 saturated carbocycles. The number of hydrogen-bond donors (Lipinski definition) is 0. The Bertz CT molecular complexity index is 1090. The third-order valence-electron chi connectivity index (χ3n) is 4.69. The maximum Gasteiger partial charge on any atom is 0.282 e. The van der Waals surface area contributed by atoms with Gasteiger partial charge in [0.05, 0.1) is 5.69 Å². The summed E-state index contributed by atoms with van der Waals surface area (Å²) >= 11 is 6.04. The number of nitrogens with zero attached hydrogens (tertiary/aromatic N) is 3. The van der Waals surface area contributed by atoms with Crippen LogP contribution in [-0.4, -0.2) is 25.8 Å². The molecule has 0 bridgehead atoms. The van der Waals surface area contributed by atoms with Crippen molar-refractivity contribution < 1.29 is 4.79 Å². The minimum Gasteiger partial charge on any atom is -0.378 e. The van der Waals surface area contributed by atoms with Crippen molar-refractivity contribution in [3.63, 3.8) is 0 Å². The normalized spacial score (nSPS) is 15.0. The number of rotatable bonds is 4. The van der Waals surface area contributed by atoms with Crippen LogP contribution in [0.4, 0.5) is 11.4 Å². The predicted octanol–water partition coefficient (Wildman–Crippen LogP) is 5.24. The highest BCUT2D eigenvalue weighted by Crippen LogP contribution is 2.28. The van der Waals surface area contributed by atoms with Crippen LogP contribution >= 0.6 is 11.6 Å². The maximum atomic E-state index is 13.2. The fourth-order valence-electron chi connectivity index (χ4n) is 3.15. The highest BCUT2D eigenvalue weighted by Gasteiger charge is 2.32. The molecule has 4 nitrogen and oxygen atoms in total. The lowest BCUT2D eigenvalue weighted by Crippen LogP contribution is -2.32. The van der Waals surface area contributed by atoms with E-state index in [9.17, 15) is 4.79 Å². The zero-order chi connectivity index (χ0) is 20.4. The lowest BCUT2D eigenvalue weighted by molar-refractivity contribution is -0.113. The van der Waals surface area contributed by atoms with Gasteiger partial charge in [-0.2, -0.15) is 0 Å². The summed E-state index contributed by atoms with van der Waals surface area (Å²) in [6.07, 6.45) is 1.82. The lowest BCUT2D eigenvalue weighted by Gasteiger charge is -2.18. The molecule has 144 valence electrons. The molecule has 5 heteroatoms. The van der Waals surface area contributed by atoms with E-state index >= 15 is 0 Å². The number of carbonyl (C=O) groups excluding carboxylic acids is 1. The zero-order valence-corrected chi connectivity index (χ0v) is 17.0. The molecule has 1 amide bonds. The quantitative estimate of drug-likeness (QED) is 0.560. The first kappa shape index (κ1) is 19.0. The summed E-state index contributed by atoms with van der Waals surface area (Å²) in [5.41, 5.74) is 4.03. The molecule has 3 aromatic carbocycles. The van der Waals surface area contributed by atoms with Crippen LogP contribution in [0.25, 0.3) is 6.08 Å². The van der Waals surface area contributed by atoms with E-state index in [0.717, 1.165) is 22.5 Å². The van der Waals surface area contributed by atoms with Crippen molar-refractivity contribution in [2.24, 2.45) is 4.99 Å². The molecular weight excluding hydrogens is 382 g/mol. The van der Waals surface area contributed by atoms with Gasteiger partial charge in [0.2, 0.25) is 0 Å². The number of para-hydroxylation sites is 1. The summed E-state index contributed by atoms with van der Waals surface area (Å²) in [6, 6.07) is 24.9. The second-order valence-corrected chi connectivity index (χ2v) is 7.37. The van der Waals surface area contributed by atoms with E-state index < -0.39 is 0 Å². The van der Waals surface area contributed by atoms with Gasteiger partial charge in [-0.1, -0.05) is 41.9 Å². The molecule has 1 aliphatic rings. The molecule has 0 atom stereocenters. The van der Waals surface area contributed by atoms with Crippen molar-refractivity contribution in [3.8, 4) is 0 Å². The van der Waals surface area contributed by atoms with Crippen molar-refractivity contribution in [1.29, 1.82) is 0 Å². The van der Waals surface area contributed by atoms with E-state index in [1.165, 1.54) is 0 Å². The fourth-order valence-corrected chi connectivity index (χ4v) is 3.28. The van der Waals surface area contributed by atoms with Crippen LogP contribution in [-0.2, 0) is 4.79 Å². The van der Waals surface area contributed by atoms with Gasteiger partial charge >= 0.3 is 0 Å². The van der Waals surface area contributed by atoms with Gasteiger partial charge in [-0.25, -0.2) is 4.99 Å². The zero-order valence-electron chi connectivity index (χ0n) is 16.2. The third-order valence-corrected chi connectivity index (χ3v) is 4.94.